The van der Waals surface area contributed by atoms with Crippen molar-refractivity contribution in [2.75, 3.05) is 0 Å². The number of carbonyl (C=O) groups is 1. The summed E-state index contributed by atoms with van der Waals surface area (Å²) in [6, 6.07) is 17.6. The van der Waals surface area contributed by atoms with Gasteiger partial charge in [-0.3, -0.25) is 9.78 Å². The predicted octanol–water partition coefficient (Wildman–Crippen LogP) is 4.32. The Balaban J connectivity index is 1.39. The number of aryl methyl sites for hydroxylation is 3. The second kappa shape index (κ2) is 8.64. The molecular weight excluding hydrogens is 440 g/mol. The first-order chi connectivity index (χ1) is 17.2. The highest BCUT2D eigenvalue weighted by Crippen LogP contribution is 2.33. The third kappa shape index (κ3) is 3.89. The molecule has 0 spiro atoms. The zero-order valence-corrected chi connectivity index (χ0v) is 19.1. The van der Waals surface area contributed by atoms with Crippen molar-refractivity contribution in [1.29, 1.82) is 0 Å². The summed E-state index contributed by atoms with van der Waals surface area (Å²) in [6.45, 7) is 2.22. The standard InChI is InChI=1S/C27H22N6O2/c1-17-6-4-8-20(31-17)15-28-26(34)22-16-30-33(25(22)23-10-5-13-35-23)27-29-14-19-12-11-18-7-2-3-9-21(18)24(19)32-27/h2-10,13-14,16H,11-12,15H2,1H3,(H,28,34). The molecule has 0 fully saturated rings. The molecule has 5 aromatic rings. The fraction of sp³-hybridized carbons (Fsp3) is 0.148. The Morgan fingerprint density at radius 2 is 1.89 bits per heavy atom. The second-order valence-electron chi connectivity index (χ2n) is 8.45. The van der Waals surface area contributed by atoms with Crippen LogP contribution in [-0.4, -0.2) is 30.6 Å². The van der Waals surface area contributed by atoms with Gasteiger partial charge in [0, 0.05) is 17.5 Å². The van der Waals surface area contributed by atoms with Crippen LogP contribution < -0.4 is 5.32 Å². The third-order valence-electron chi connectivity index (χ3n) is 6.12. The molecule has 4 heterocycles. The van der Waals surface area contributed by atoms with Crippen molar-refractivity contribution in [3.8, 4) is 28.7 Å². The summed E-state index contributed by atoms with van der Waals surface area (Å²) in [5.74, 6) is 0.601. The summed E-state index contributed by atoms with van der Waals surface area (Å²) in [7, 11) is 0. The number of benzene rings is 1. The number of aromatic nitrogens is 5. The molecule has 0 atom stereocenters. The fourth-order valence-electron chi connectivity index (χ4n) is 4.44. The Morgan fingerprint density at radius 3 is 2.74 bits per heavy atom. The molecule has 1 aromatic carbocycles. The van der Waals surface area contributed by atoms with Crippen LogP contribution in [0.3, 0.4) is 0 Å². The summed E-state index contributed by atoms with van der Waals surface area (Å²) in [6.07, 6.45) is 6.79. The molecule has 172 valence electrons. The molecule has 1 N–H and O–H groups in total. The van der Waals surface area contributed by atoms with Crippen LogP contribution in [-0.2, 0) is 19.4 Å². The van der Waals surface area contributed by atoms with E-state index in [1.54, 1.807) is 23.1 Å². The van der Waals surface area contributed by atoms with Crippen molar-refractivity contribution in [3.05, 3.63) is 101 Å². The maximum Gasteiger partial charge on any atom is 0.255 e. The van der Waals surface area contributed by atoms with Gasteiger partial charge in [-0.15, -0.1) is 0 Å². The molecule has 1 aliphatic carbocycles. The monoisotopic (exact) mass is 462 g/mol. The van der Waals surface area contributed by atoms with Crippen molar-refractivity contribution in [2.45, 2.75) is 26.3 Å². The van der Waals surface area contributed by atoms with Gasteiger partial charge in [0.2, 0.25) is 0 Å². The minimum Gasteiger partial charge on any atom is -0.463 e. The van der Waals surface area contributed by atoms with Gasteiger partial charge in [-0.2, -0.15) is 9.78 Å². The molecule has 0 saturated heterocycles. The van der Waals surface area contributed by atoms with Gasteiger partial charge in [-0.1, -0.05) is 30.3 Å². The molecule has 8 heteroatoms. The number of furan rings is 1. The topological polar surface area (TPSA) is 98.7 Å². The third-order valence-corrected chi connectivity index (χ3v) is 6.12. The highest BCUT2D eigenvalue weighted by Gasteiger charge is 2.25. The van der Waals surface area contributed by atoms with Crippen LogP contribution in [0, 0.1) is 6.92 Å². The van der Waals surface area contributed by atoms with Gasteiger partial charge >= 0.3 is 0 Å². The number of nitrogens with zero attached hydrogens (tertiary/aromatic N) is 5. The first kappa shape index (κ1) is 21.0. The SMILES string of the molecule is Cc1cccc(CNC(=O)c2cnn(-c3ncc4c(n3)-c3ccccc3CC4)c2-c2ccco2)n1. The fourth-order valence-corrected chi connectivity index (χ4v) is 4.44. The predicted molar refractivity (Wildman–Crippen MR) is 130 cm³/mol. The molecule has 4 aromatic heterocycles. The lowest BCUT2D eigenvalue weighted by Gasteiger charge is -2.19. The Morgan fingerprint density at radius 1 is 1.00 bits per heavy atom. The van der Waals surface area contributed by atoms with Gasteiger partial charge in [0.1, 0.15) is 5.69 Å². The number of fused-ring (bicyclic) bond motifs is 3. The van der Waals surface area contributed by atoms with Crippen molar-refractivity contribution < 1.29 is 9.21 Å². The molecule has 8 nitrogen and oxygen atoms in total. The average molecular weight is 463 g/mol. The van der Waals surface area contributed by atoms with E-state index in [1.807, 2.05) is 43.5 Å². The number of hydrogen-bond donors (Lipinski definition) is 1. The summed E-state index contributed by atoms with van der Waals surface area (Å²) in [5, 5.41) is 7.43. The Bertz CT molecular complexity index is 1540. The van der Waals surface area contributed by atoms with Crippen molar-refractivity contribution in [3.63, 3.8) is 0 Å². The van der Waals surface area contributed by atoms with Crippen LogP contribution in [0.15, 0.2) is 77.7 Å². The summed E-state index contributed by atoms with van der Waals surface area (Å²) < 4.78 is 7.24. The van der Waals surface area contributed by atoms with Crippen molar-refractivity contribution in [1.82, 2.24) is 30.0 Å². The molecule has 0 saturated carbocycles. The second-order valence-corrected chi connectivity index (χ2v) is 8.45. The van der Waals surface area contributed by atoms with E-state index >= 15 is 0 Å². The summed E-state index contributed by atoms with van der Waals surface area (Å²) in [4.78, 5) is 27.1. The zero-order chi connectivity index (χ0) is 23.8. The number of nitrogens with one attached hydrogen (secondary N) is 1. The van der Waals surface area contributed by atoms with Crippen molar-refractivity contribution >= 4 is 5.91 Å². The molecular formula is C27H22N6O2. The molecule has 35 heavy (non-hydrogen) atoms. The van der Waals surface area contributed by atoms with E-state index in [0.717, 1.165) is 41.1 Å². The molecule has 0 aliphatic heterocycles. The van der Waals surface area contributed by atoms with Gasteiger partial charge < -0.3 is 9.73 Å². The minimum absolute atomic E-state index is 0.283. The van der Waals surface area contributed by atoms with Gasteiger partial charge in [0.25, 0.3) is 11.9 Å². The quantitative estimate of drug-likeness (QED) is 0.418. The lowest BCUT2D eigenvalue weighted by molar-refractivity contribution is 0.0951. The molecule has 1 aliphatic rings. The van der Waals surface area contributed by atoms with E-state index in [2.05, 4.69) is 32.5 Å². The minimum atomic E-state index is -0.283. The first-order valence-electron chi connectivity index (χ1n) is 11.4. The number of amides is 1. The molecule has 0 unspecified atom stereocenters. The normalized spacial score (nSPS) is 12.1. The Kier molecular flexibility index (Phi) is 5.18. The number of rotatable bonds is 5. The van der Waals surface area contributed by atoms with Crippen LogP contribution >= 0.6 is 0 Å². The van der Waals surface area contributed by atoms with E-state index in [4.69, 9.17) is 9.40 Å². The molecule has 0 bridgehead atoms. The van der Waals surface area contributed by atoms with Crippen LogP contribution in [0.25, 0.3) is 28.7 Å². The van der Waals surface area contributed by atoms with E-state index < -0.39 is 0 Å². The van der Waals surface area contributed by atoms with Crippen LogP contribution in [0.2, 0.25) is 0 Å². The molecule has 6 rings (SSSR count). The Labute approximate surface area is 201 Å². The molecule has 0 radical (unpaired) electrons. The Hall–Kier alpha value is -4.59. The van der Waals surface area contributed by atoms with Crippen LogP contribution in [0.5, 0.6) is 0 Å². The number of hydrogen-bond acceptors (Lipinski definition) is 6. The highest BCUT2D eigenvalue weighted by molar-refractivity contribution is 5.99. The van der Waals surface area contributed by atoms with E-state index in [0.29, 0.717) is 29.5 Å². The van der Waals surface area contributed by atoms with E-state index in [-0.39, 0.29) is 5.91 Å². The number of pyridine rings is 1. The largest absolute Gasteiger partial charge is 0.463 e. The first-order valence-corrected chi connectivity index (χ1v) is 11.4. The molecule has 1 amide bonds. The maximum atomic E-state index is 13.2. The average Bonchev–Trinajstić information content (AvgIpc) is 3.57. The van der Waals surface area contributed by atoms with Crippen LogP contribution in [0.4, 0.5) is 0 Å². The summed E-state index contributed by atoms with van der Waals surface area (Å²) in [5.41, 5.74) is 6.91. The van der Waals surface area contributed by atoms with Crippen LogP contribution in [0.1, 0.15) is 32.9 Å². The zero-order valence-electron chi connectivity index (χ0n) is 19.1. The van der Waals surface area contributed by atoms with Crippen molar-refractivity contribution in [2.24, 2.45) is 0 Å². The lowest BCUT2D eigenvalue weighted by Crippen LogP contribution is -2.24. The lowest BCUT2D eigenvalue weighted by atomic mass is 9.90. The highest BCUT2D eigenvalue weighted by atomic mass is 16.3. The smallest absolute Gasteiger partial charge is 0.255 e. The van der Waals surface area contributed by atoms with Gasteiger partial charge in [-0.05, 0) is 55.2 Å². The van der Waals surface area contributed by atoms with Gasteiger partial charge in [0.05, 0.1) is 36.0 Å². The summed E-state index contributed by atoms with van der Waals surface area (Å²) >= 11 is 0. The van der Waals surface area contributed by atoms with E-state index in [1.165, 1.54) is 11.8 Å². The maximum absolute atomic E-state index is 13.2. The number of carbonyl (C=O) groups excluding carboxylic acids is 1. The van der Waals surface area contributed by atoms with Gasteiger partial charge in [-0.25, -0.2) is 9.97 Å². The van der Waals surface area contributed by atoms with Gasteiger partial charge in [0.15, 0.2) is 5.76 Å². The van der Waals surface area contributed by atoms with E-state index in [9.17, 15) is 4.79 Å².